The topological polar surface area (TPSA) is 29.9 Å². The highest BCUT2D eigenvalue weighted by Gasteiger charge is 2.19. The van der Waals surface area contributed by atoms with Crippen LogP contribution in [0.2, 0.25) is 0 Å². The molecule has 0 fully saturated rings. The largest absolute Gasteiger partial charge is 0.311 e. The predicted molar refractivity (Wildman–Crippen MR) is 89.9 cm³/mol. The Morgan fingerprint density at radius 2 is 2.15 bits per heavy atom. The lowest BCUT2D eigenvalue weighted by molar-refractivity contribution is 0.495. The van der Waals surface area contributed by atoms with Crippen molar-refractivity contribution < 1.29 is 0 Å². The molecule has 0 saturated carbocycles. The van der Waals surface area contributed by atoms with Crippen LogP contribution >= 0.6 is 31.9 Å². The minimum absolute atomic E-state index is 0.243. The van der Waals surface area contributed by atoms with Gasteiger partial charge >= 0.3 is 0 Å². The normalized spacial score (nSPS) is 12.6. The van der Waals surface area contributed by atoms with Crippen LogP contribution in [0.25, 0.3) is 0 Å². The Bertz CT molecular complexity index is 566. The van der Waals surface area contributed by atoms with Crippen LogP contribution in [0.15, 0.2) is 39.4 Å². The van der Waals surface area contributed by atoms with Crippen molar-refractivity contribution in [2.45, 2.75) is 32.4 Å². The molecule has 0 amide bonds. The Kier molecular flexibility index (Phi) is 5.81. The number of halogens is 2. The number of hydrogen-bond acceptors (Lipinski definition) is 2. The van der Waals surface area contributed by atoms with Crippen molar-refractivity contribution in [2.24, 2.45) is 0 Å². The number of hydrogen-bond donors (Lipinski definition) is 1. The molecule has 0 aliphatic rings. The first kappa shape index (κ1) is 15.7. The molecule has 0 spiro atoms. The van der Waals surface area contributed by atoms with Crippen LogP contribution in [0.5, 0.6) is 0 Å². The van der Waals surface area contributed by atoms with Crippen LogP contribution in [0.3, 0.4) is 0 Å². The van der Waals surface area contributed by atoms with E-state index in [0.717, 1.165) is 28.3 Å². The lowest BCUT2D eigenvalue weighted by Gasteiger charge is -2.19. The smallest absolute Gasteiger partial charge is 0.0698 e. The maximum Gasteiger partial charge on any atom is 0.0698 e. The molecule has 1 unspecified atom stereocenters. The standard InChI is InChI=1S/C15H19Br2N3/c1-3-7-20-15(13(17)10-19-20)14(18-2)9-11-5-4-6-12(16)8-11/h4-6,8,10,14,18H,3,7,9H2,1-2H3. The Balaban J connectivity index is 2.26. The first-order valence-corrected chi connectivity index (χ1v) is 8.37. The molecule has 2 aromatic rings. The third kappa shape index (κ3) is 3.71. The molecule has 20 heavy (non-hydrogen) atoms. The molecule has 0 aliphatic carbocycles. The minimum Gasteiger partial charge on any atom is -0.311 e. The van der Waals surface area contributed by atoms with Crippen LogP contribution in [-0.4, -0.2) is 16.8 Å². The average Bonchev–Trinajstić information content (AvgIpc) is 2.78. The Labute approximate surface area is 137 Å². The average molecular weight is 401 g/mol. The van der Waals surface area contributed by atoms with Gasteiger partial charge in [-0.25, -0.2) is 0 Å². The Morgan fingerprint density at radius 1 is 1.35 bits per heavy atom. The van der Waals surface area contributed by atoms with Crippen LogP contribution < -0.4 is 5.32 Å². The first-order valence-electron chi connectivity index (χ1n) is 6.78. The highest BCUT2D eigenvalue weighted by molar-refractivity contribution is 9.10. The number of nitrogens with zero attached hydrogens (tertiary/aromatic N) is 2. The second kappa shape index (κ2) is 7.38. The van der Waals surface area contributed by atoms with E-state index in [0.29, 0.717) is 0 Å². The third-order valence-electron chi connectivity index (χ3n) is 3.28. The van der Waals surface area contributed by atoms with Crippen molar-refractivity contribution in [3.05, 3.63) is 50.7 Å². The second-order valence-corrected chi connectivity index (χ2v) is 6.55. The predicted octanol–water partition coefficient (Wildman–Crippen LogP) is 4.32. The second-order valence-electron chi connectivity index (χ2n) is 4.78. The quantitative estimate of drug-likeness (QED) is 0.782. The van der Waals surface area contributed by atoms with Crippen molar-refractivity contribution in [3.8, 4) is 0 Å². The van der Waals surface area contributed by atoms with Gasteiger partial charge in [-0.1, -0.05) is 35.0 Å². The highest BCUT2D eigenvalue weighted by atomic mass is 79.9. The summed E-state index contributed by atoms with van der Waals surface area (Å²) >= 11 is 7.15. The van der Waals surface area contributed by atoms with Crippen molar-refractivity contribution in [1.82, 2.24) is 15.1 Å². The van der Waals surface area contributed by atoms with Gasteiger partial charge < -0.3 is 5.32 Å². The maximum atomic E-state index is 4.45. The van der Waals surface area contributed by atoms with Crippen molar-refractivity contribution >= 4 is 31.9 Å². The third-order valence-corrected chi connectivity index (χ3v) is 4.38. The summed E-state index contributed by atoms with van der Waals surface area (Å²) in [5, 5.41) is 7.86. The van der Waals surface area contributed by atoms with E-state index in [1.165, 1.54) is 11.3 Å². The summed E-state index contributed by atoms with van der Waals surface area (Å²) in [5.74, 6) is 0. The molecule has 2 rings (SSSR count). The van der Waals surface area contributed by atoms with Gasteiger partial charge in [0.25, 0.3) is 0 Å². The van der Waals surface area contributed by atoms with Crippen LogP contribution in [0.1, 0.15) is 30.6 Å². The zero-order chi connectivity index (χ0) is 14.5. The number of aryl methyl sites for hydroxylation is 1. The molecule has 1 aromatic heterocycles. The van der Waals surface area contributed by atoms with Gasteiger partial charge in [-0.2, -0.15) is 5.10 Å². The highest BCUT2D eigenvalue weighted by Crippen LogP contribution is 2.27. The van der Waals surface area contributed by atoms with Gasteiger partial charge in [0, 0.05) is 11.0 Å². The van der Waals surface area contributed by atoms with Crippen LogP contribution in [-0.2, 0) is 13.0 Å². The molecule has 108 valence electrons. The molecular formula is C15H19Br2N3. The molecule has 1 heterocycles. The zero-order valence-corrected chi connectivity index (χ0v) is 14.9. The molecule has 0 saturated heterocycles. The summed E-state index contributed by atoms with van der Waals surface area (Å²) < 4.78 is 4.27. The fraction of sp³-hybridized carbons (Fsp3) is 0.400. The maximum absolute atomic E-state index is 4.45. The van der Waals surface area contributed by atoms with E-state index in [9.17, 15) is 0 Å². The first-order chi connectivity index (χ1) is 9.65. The van der Waals surface area contributed by atoms with Crippen LogP contribution in [0.4, 0.5) is 0 Å². The van der Waals surface area contributed by atoms with Gasteiger partial charge in [0.2, 0.25) is 0 Å². The van der Waals surface area contributed by atoms with Gasteiger partial charge in [0.05, 0.1) is 22.4 Å². The van der Waals surface area contributed by atoms with E-state index in [2.05, 4.69) is 78.1 Å². The molecule has 0 bridgehead atoms. The lowest BCUT2D eigenvalue weighted by Crippen LogP contribution is -2.23. The fourth-order valence-electron chi connectivity index (χ4n) is 2.34. The zero-order valence-electron chi connectivity index (χ0n) is 11.7. The van der Waals surface area contributed by atoms with Gasteiger partial charge in [0.15, 0.2) is 0 Å². The molecular weight excluding hydrogens is 382 g/mol. The molecule has 1 N–H and O–H groups in total. The summed E-state index contributed by atoms with van der Waals surface area (Å²) in [7, 11) is 2.00. The van der Waals surface area contributed by atoms with Crippen LogP contribution in [0, 0.1) is 0 Å². The number of benzene rings is 1. The van der Waals surface area contributed by atoms with E-state index in [-0.39, 0.29) is 6.04 Å². The summed E-state index contributed by atoms with van der Waals surface area (Å²) in [6.07, 6.45) is 3.90. The van der Waals surface area contributed by atoms with E-state index in [4.69, 9.17) is 0 Å². The van der Waals surface area contributed by atoms with Gasteiger partial charge in [0.1, 0.15) is 0 Å². The molecule has 5 heteroatoms. The summed E-state index contributed by atoms with van der Waals surface area (Å²) in [6.45, 7) is 3.11. The van der Waals surface area contributed by atoms with Crippen molar-refractivity contribution in [3.63, 3.8) is 0 Å². The Hall–Kier alpha value is -0.650. The van der Waals surface area contributed by atoms with Gasteiger partial charge in [-0.3, -0.25) is 4.68 Å². The molecule has 0 radical (unpaired) electrons. The summed E-state index contributed by atoms with van der Waals surface area (Å²) in [5.41, 5.74) is 2.52. The Morgan fingerprint density at radius 3 is 2.80 bits per heavy atom. The summed E-state index contributed by atoms with van der Waals surface area (Å²) in [4.78, 5) is 0. The van der Waals surface area contributed by atoms with E-state index < -0.39 is 0 Å². The van der Waals surface area contributed by atoms with E-state index in [1.54, 1.807) is 0 Å². The lowest BCUT2D eigenvalue weighted by atomic mass is 10.0. The number of aromatic nitrogens is 2. The van der Waals surface area contributed by atoms with Gasteiger partial charge in [-0.15, -0.1) is 0 Å². The van der Waals surface area contributed by atoms with E-state index in [1.807, 2.05) is 13.2 Å². The fourth-order valence-corrected chi connectivity index (χ4v) is 3.36. The van der Waals surface area contributed by atoms with E-state index >= 15 is 0 Å². The monoisotopic (exact) mass is 399 g/mol. The minimum atomic E-state index is 0.243. The number of nitrogens with one attached hydrogen (secondary N) is 1. The molecule has 1 aromatic carbocycles. The SMILES string of the molecule is CCCn1ncc(Br)c1C(Cc1cccc(Br)c1)NC. The van der Waals surface area contributed by atoms with Crippen molar-refractivity contribution in [2.75, 3.05) is 7.05 Å². The summed E-state index contributed by atoms with van der Waals surface area (Å²) in [6, 6.07) is 8.69. The van der Waals surface area contributed by atoms with Gasteiger partial charge in [-0.05, 0) is 53.5 Å². The molecule has 0 aliphatic heterocycles. The molecule has 3 nitrogen and oxygen atoms in total. The van der Waals surface area contributed by atoms with Crippen molar-refractivity contribution in [1.29, 1.82) is 0 Å². The molecule has 1 atom stereocenters. The number of rotatable bonds is 6. The number of likely N-dealkylation sites (N-methyl/N-ethyl adjacent to an activating group) is 1.